The third-order valence-corrected chi connectivity index (χ3v) is 3.53. The average molecular weight is 250 g/mol. The molecule has 0 radical (unpaired) electrons. The molecule has 0 aromatic heterocycles. The van der Waals surface area contributed by atoms with E-state index in [0.29, 0.717) is 6.54 Å². The number of urea groups is 1. The topological polar surface area (TPSA) is 49.4 Å². The molecule has 1 aromatic carbocycles. The predicted molar refractivity (Wildman–Crippen MR) is 68.4 cm³/mol. The average Bonchev–Trinajstić information content (AvgIpc) is 2.56. The van der Waals surface area contributed by atoms with Gasteiger partial charge in [0, 0.05) is 6.54 Å². The summed E-state index contributed by atoms with van der Waals surface area (Å²) in [4.78, 5) is 25.3. The maximum atomic E-state index is 12.2. The van der Waals surface area contributed by atoms with Crippen LogP contribution in [-0.4, -0.2) is 23.4 Å². The summed E-state index contributed by atoms with van der Waals surface area (Å²) in [5, 5.41) is 1.73. The SMILES string of the molecule is CCCN1C(=O)NC(P)(c2ccccc2)C1=O. The number of imide groups is 1. The van der Waals surface area contributed by atoms with Gasteiger partial charge in [0.25, 0.3) is 5.91 Å². The van der Waals surface area contributed by atoms with Crippen LogP contribution in [0.5, 0.6) is 0 Å². The van der Waals surface area contributed by atoms with Gasteiger partial charge < -0.3 is 5.32 Å². The Balaban J connectivity index is 2.35. The summed E-state index contributed by atoms with van der Waals surface area (Å²) >= 11 is 0. The molecule has 90 valence electrons. The number of carbonyl (C=O) groups is 2. The lowest BCUT2D eigenvalue weighted by molar-refractivity contribution is -0.128. The second-order valence-corrected chi connectivity index (χ2v) is 4.93. The summed E-state index contributed by atoms with van der Waals surface area (Å²) in [6.07, 6.45) is 0.759. The second kappa shape index (κ2) is 4.46. The van der Waals surface area contributed by atoms with Gasteiger partial charge >= 0.3 is 6.03 Å². The van der Waals surface area contributed by atoms with Gasteiger partial charge in [-0.05, 0) is 12.0 Å². The molecular formula is C12H15N2O2P. The van der Waals surface area contributed by atoms with Crippen LogP contribution >= 0.6 is 9.24 Å². The fraction of sp³-hybridized carbons (Fsp3) is 0.333. The molecule has 1 aromatic rings. The van der Waals surface area contributed by atoms with Crippen molar-refractivity contribution in [3.63, 3.8) is 0 Å². The Labute approximate surface area is 103 Å². The molecule has 1 fully saturated rings. The Hall–Kier alpha value is -1.41. The largest absolute Gasteiger partial charge is 0.325 e. The number of rotatable bonds is 3. The van der Waals surface area contributed by atoms with E-state index < -0.39 is 5.28 Å². The number of carbonyl (C=O) groups excluding carboxylic acids is 2. The normalized spacial score (nSPS) is 24.0. The van der Waals surface area contributed by atoms with Crippen LogP contribution in [-0.2, 0) is 10.1 Å². The van der Waals surface area contributed by atoms with Crippen LogP contribution in [0.15, 0.2) is 30.3 Å². The van der Waals surface area contributed by atoms with Crippen molar-refractivity contribution in [2.24, 2.45) is 0 Å². The quantitative estimate of drug-likeness (QED) is 0.655. The lowest BCUT2D eigenvalue weighted by Crippen LogP contribution is -2.37. The molecule has 2 unspecified atom stereocenters. The summed E-state index contributed by atoms with van der Waals surface area (Å²) in [7, 11) is 2.46. The summed E-state index contributed by atoms with van der Waals surface area (Å²) in [5.41, 5.74) is 0.780. The number of hydrogen-bond acceptors (Lipinski definition) is 2. The van der Waals surface area contributed by atoms with E-state index in [0.717, 1.165) is 12.0 Å². The molecule has 0 spiro atoms. The zero-order valence-electron chi connectivity index (χ0n) is 9.64. The van der Waals surface area contributed by atoms with Crippen molar-refractivity contribution in [3.05, 3.63) is 35.9 Å². The van der Waals surface area contributed by atoms with Gasteiger partial charge in [-0.3, -0.25) is 9.69 Å². The van der Waals surface area contributed by atoms with E-state index in [1.165, 1.54) is 4.90 Å². The van der Waals surface area contributed by atoms with Crippen LogP contribution < -0.4 is 5.32 Å². The fourth-order valence-electron chi connectivity index (χ4n) is 1.92. The van der Waals surface area contributed by atoms with E-state index in [9.17, 15) is 9.59 Å². The Morgan fingerprint density at radius 3 is 2.53 bits per heavy atom. The smallest absolute Gasteiger partial charge is 0.316 e. The monoisotopic (exact) mass is 250 g/mol. The zero-order valence-corrected chi connectivity index (χ0v) is 10.8. The number of hydrogen-bond donors (Lipinski definition) is 1. The van der Waals surface area contributed by atoms with Gasteiger partial charge in [-0.15, -0.1) is 0 Å². The second-order valence-electron chi connectivity index (χ2n) is 4.06. The molecule has 2 rings (SSSR count). The van der Waals surface area contributed by atoms with Crippen molar-refractivity contribution >= 4 is 21.2 Å². The Morgan fingerprint density at radius 2 is 1.94 bits per heavy atom. The highest BCUT2D eigenvalue weighted by molar-refractivity contribution is 7.20. The Kier molecular flexibility index (Phi) is 3.16. The first-order valence-electron chi connectivity index (χ1n) is 5.58. The van der Waals surface area contributed by atoms with Crippen molar-refractivity contribution in [1.29, 1.82) is 0 Å². The third kappa shape index (κ3) is 1.93. The van der Waals surface area contributed by atoms with Gasteiger partial charge in [0.1, 0.15) is 0 Å². The molecule has 0 saturated carbocycles. The first-order chi connectivity index (χ1) is 8.09. The van der Waals surface area contributed by atoms with Gasteiger partial charge in [-0.2, -0.15) is 0 Å². The molecule has 0 aliphatic carbocycles. The van der Waals surface area contributed by atoms with Gasteiger partial charge in [0.2, 0.25) is 0 Å². The molecule has 0 bridgehead atoms. The summed E-state index contributed by atoms with van der Waals surface area (Å²) < 4.78 is 0. The van der Waals surface area contributed by atoms with Crippen LogP contribution in [0, 0.1) is 0 Å². The summed E-state index contributed by atoms with van der Waals surface area (Å²) in [6, 6.07) is 8.92. The number of nitrogens with one attached hydrogen (secondary N) is 1. The Morgan fingerprint density at radius 1 is 1.29 bits per heavy atom. The minimum Gasteiger partial charge on any atom is -0.316 e. The van der Waals surface area contributed by atoms with Crippen molar-refractivity contribution in [3.8, 4) is 0 Å². The minimum absolute atomic E-state index is 0.208. The minimum atomic E-state index is -1.01. The maximum absolute atomic E-state index is 12.2. The number of amides is 3. The molecule has 2 atom stereocenters. The first-order valence-corrected chi connectivity index (χ1v) is 6.16. The number of benzene rings is 1. The highest BCUT2D eigenvalue weighted by Crippen LogP contribution is 2.35. The molecular weight excluding hydrogens is 235 g/mol. The summed E-state index contributed by atoms with van der Waals surface area (Å²) in [6.45, 7) is 2.39. The molecule has 1 heterocycles. The van der Waals surface area contributed by atoms with E-state index in [4.69, 9.17) is 0 Å². The highest BCUT2D eigenvalue weighted by atomic mass is 31.0. The third-order valence-electron chi connectivity index (χ3n) is 2.81. The fourth-order valence-corrected chi connectivity index (χ4v) is 2.39. The molecule has 3 amide bonds. The molecule has 1 aliphatic heterocycles. The van der Waals surface area contributed by atoms with E-state index in [2.05, 4.69) is 14.6 Å². The van der Waals surface area contributed by atoms with Crippen LogP contribution in [0.25, 0.3) is 0 Å². The molecule has 1 N–H and O–H groups in total. The van der Waals surface area contributed by atoms with Crippen molar-refractivity contribution in [2.45, 2.75) is 18.6 Å². The van der Waals surface area contributed by atoms with E-state index in [1.54, 1.807) is 0 Å². The van der Waals surface area contributed by atoms with E-state index in [-0.39, 0.29) is 11.9 Å². The van der Waals surface area contributed by atoms with Gasteiger partial charge in [-0.25, -0.2) is 4.79 Å². The molecule has 5 heteroatoms. The van der Waals surface area contributed by atoms with Crippen LogP contribution in [0.1, 0.15) is 18.9 Å². The van der Waals surface area contributed by atoms with Crippen molar-refractivity contribution < 1.29 is 9.59 Å². The first kappa shape index (κ1) is 12.1. The lowest BCUT2D eigenvalue weighted by atomic mass is 10.1. The van der Waals surface area contributed by atoms with Gasteiger partial charge in [0.05, 0.1) is 0 Å². The van der Waals surface area contributed by atoms with E-state index in [1.807, 2.05) is 37.3 Å². The van der Waals surface area contributed by atoms with Gasteiger partial charge in [0.15, 0.2) is 5.28 Å². The van der Waals surface area contributed by atoms with Gasteiger partial charge in [-0.1, -0.05) is 46.5 Å². The maximum Gasteiger partial charge on any atom is 0.325 e. The van der Waals surface area contributed by atoms with Crippen LogP contribution in [0.4, 0.5) is 4.79 Å². The lowest BCUT2D eigenvalue weighted by Gasteiger charge is -2.21. The van der Waals surface area contributed by atoms with Crippen molar-refractivity contribution in [1.82, 2.24) is 10.2 Å². The van der Waals surface area contributed by atoms with Crippen molar-refractivity contribution in [2.75, 3.05) is 6.54 Å². The molecule has 1 saturated heterocycles. The highest BCUT2D eigenvalue weighted by Gasteiger charge is 2.48. The number of nitrogens with zero attached hydrogens (tertiary/aromatic N) is 1. The molecule has 1 aliphatic rings. The zero-order chi connectivity index (χ0) is 12.5. The molecule has 4 nitrogen and oxygen atoms in total. The molecule has 17 heavy (non-hydrogen) atoms. The predicted octanol–water partition coefficient (Wildman–Crippen LogP) is 1.68. The standard InChI is InChI=1S/C12H15N2O2P/c1-2-8-14-10(15)12(17,13-11(14)16)9-6-4-3-5-7-9/h3-7H,2,8,17H2,1H3,(H,13,16). The summed E-state index contributed by atoms with van der Waals surface area (Å²) in [5.74, 6) is -0.208. The van der Waals surface area contributed by atoms with Crippen LogP contribution in [0.3, 0.4) is 0 Å². The Bertz CT molecular complexity index is 449. The van der Waals surface area contributed by atoms with Crippen LogP contribution in [0.2, 0.25) is 0 Å². The van der Waals surface area contributed by atoms with E-state index >= 15 is 0 Å².